The van der Waals surface area contributed by atoms with Crippen molar-refractivity contribution in [3.8, 4) is 0 Å². The number of hydrogen-bond acceptors (Lipinski definition) is 6. The first-order chi connectivity index (χ1) is 12.9. The van der Waals surface area contributed by atoms with E-state index in [0.717, 1.165) is 5.69 Å². The van der Waals surface area contributed by atoms with Crippen LogP contribution in [0.1, 0.15) is 6.92 Å². The summed E-state index contributed by atoms with van der Waals surface area (Å²) < 4.78 is 0.671. The molecule has 1 unspecified atom stereocenters. The minimum absolute atomic E-state index is 0.251. The van der Waals surface area contributed by atoms with Crippen LogP contribution in [-0.4, -0.2) is 21.4 Å². The van der Waals surface area contributed by atoms with Crippen LogP contribution in [0, 0.1) is 0 Å². The summed E-state index contributed by atoms with van der Waals surface area (Å²) in [5.74, 6) is -0.251. The molecule has 0 fully saturated rings. The molecule has 1 amide bonds. The molecule has 10 heteroatoms. The predicted octanol–water partition coefficient (Wildman–Crippen LogP) is 6.36. The summed E-state index contributed by atoms with van der Waals surface area (Å²) in [5.41, 5.74) is 1.26. The molecule has 0 spiro atoms. The molecule has 0 saturated carbocycles. The van der Waals surface area contributed by atoms with Gasteiger partial charge in [0.2, 0.25) is 11.0 Å². The summed E-state index contributed by atoms with van der Waals surface area (Å²) >= 11 is 20.8. The monoisotopic (exact) mass is 458 g/mol. The molecule has 2 aromatic carbocycles. The fourth-order valence-electron chi connectivity index (χ4n) is 2.04. The standard InChI is InChI=1S/C17H13Cl3N4OS2/c1-9(15(25)22-14-12(19)7-10(18)8-13(14)20)26-17-24-23-16(27-17)21-11-5-3-2-4-6-11/h2-9H,1H3,(H,21,23)(H,22,25). The first-order valence-corrected chi connectivity index (χ1v) is 10.5. The third-order valence-electron chi connectivity index (χ3n) is 3.33. The van der Waals surface area contributed by atoms with Gasteiger partial charge in [-0.05, 0) is 31.2 Å². The maximum absolute atomic E-state index is 12.5. The van der Waals surface area contributed by atoms with Crippen molar-refractivity contribution in [3.63, 3.8) is 0 Å². The summed E-state index contributed by atoms with van der Waals surface area (Å²) in [6.45, 7) is 1.77. The van der Waals surface area contributed by atoms with E-state index < -0.39 is 5.25 Å². The highest BCUT2D eigenvalue weighted by molar-refractivity contribution is 8.02. The Hall–Kier alpha value is -1.51. The number of carbonyl (C=O) groups is 1. The summed E-state index contributed by atoms with van der Waals surface area (Å²) in [4.78, 5) is 12.5. The summed E-state index contributed by atoms with van der Waals surface area (Å²) in [6, 6.07) is 12.7. The Morgan fingerprint density at radius 3 is 2.44 bits per heavy atom. The molecule has 0 radical (unpaired) electrons. The largest absolute Gasteiger partial charge is 0.330 e. The molecule has 2 N–H and O–H groups in total. The molecule has 0 aliphatic rings. The predicted molar refractivity (Wildman–Crippen MR) is 115 cm³/mol. The molecule has 27 heavy (non-hydrogen) atoms. The van der Waals surface area contributed by atoms with E-state index in [-0.39, 0.29) is 16.0 Å². The van der Waals surface area contributed by atoms with Crippen LogP contribution in [0.4, 0.5) is 16.5 Å². The van der Waals surface area contributed by atoms with Gasteiger partial charge in [0.25, 0.3) is 0 Å². The van der Waals surface area contributed by atoms with Crippen molar-refractivity contribution in [2.45, 2.75) is 16.5 Å². The molecule has 0 bridgehead atoms. The lowest BCUT2D eigenvalue weighted by molar-refractivity contribution is -0.115. The van der Waals surface area contributed by atoms with Crippen molar-refractivity contribution >= 4 is 80.3 Å². The lowest BCUT2D eigenvalue weighted by Crippen LogP contribution is -2.22. The smallest absolute Gasteiger partial charge is 0.237 e. The van der Waals surface area contributed by atoms with Gasteiger partial charge in [0, 0.05) is 10.7 Å². The van der Waals surface area contributed by atoms with Gasteiger partial charge in [-0.15, -0.1) is 10.2 Å². The molecule has 0 aliphatic carbocycles. The second-order valence-corrected chi connectivity index (χ2v) is 9.17. The normalized spacial score (nSPS) is 11.9. The van der Waals surface area contributed by atoms with Crippen molar-refractivity contribution in [1.82, 2.24) is 10.2 Å². The van der Waals surface area contributed by atoms with Crippen LogP contribution in [0.3, 0.4) is 0 Å². The van der Waals surface area contributed by atoms with Gasteiger partial charge in [0.15, 0.2) is 4.34 Å². The van der Waals surface area contributed by atoms with Crippen molar-refractivity contribution in [2.24, 2.45) is 0 Å². The Bertz CT molecular complexity index is 929. The van der Waals surface area contributed by atoms with Gasteiger partial charge < -0.3 is 10.6 Å². The number of hydrogen-bond donors (Lipinski definition) is 2. The minimum atomic E-state index is -0.426. The first-order valence-electron chi connectivity index (χ1n) is 7.70. The van der Waals surface area contributed by atoms with Crippen molar-refractivity contribution < 1.29 is 4.79 Å². The van der Waals surface area contributed by atoms with Crippen LogP contribution in [-0.2, 0) is 4.79 Å². The third-order valence-corrected chi connectivity index (χ3v) is 6.17. The van der Waals surface area contributed by atoms with Crippen LogP contribution < -0.4 is 10.6 Å². The fraction of sp³-hybridized carbons (Fsp3) is 0.118. The number of amides is 1. The van der Waals surface area contributed by atoms with Gasteiger partial charge >= 0.3 is 0 Å². The zero-order valence-corrected chi connectivity index (χ0v) is 17.8. The van der Waals surface area contributed by atoms with Crippen molar-refractivity contribution in [1.29, 1.82) is 0 Å². The van der Waals surface area contributed by atoms with Gasteiger partial charge in [-0.3, -0.25) is 4.79 Å². The van der Waals surface area contributed by atoms with Gasteiger partial charge in [0.05, 0.1) is 21.0 Å². The lowest BCUT2D eigenvalue weighted by atomic mass is 10.3. The van der Waals surface area contributed by atoms with Gasteiger partial charge in [-0.2, -0.15) is 0 Å². The average molecular weight is 460 g/mol. The number of aromatic nitrogens is 2. The summed E-state index contributed by atoms with van der Waals surface area (Å²) in [6.07, 6.45) is 0. The number of nitrogens with zero attached hydrogens (tertiary/aromatic N) is 2. The Labute approximate surface area is 179 Å². The molecule has 0 aliphatic heterocycles. The number of nitrogens with one attached hydrogen (secondary N) is 2. The van der Waals surface area contributed by atoms with Crippen LogP contribution in [0.5, 0.6) is 0 Å². The molecular weight excluding hydrogens is 447 g/mol. The van der Waals surface area contributed by atoms with E-state index in [0.29, 0.717) is 20.2 Å². The Morgan fingerprint density at radius 2 is 1.78 bits per heavy atom. The van der Waals surface area contributed by atoms with Gasteiger partial charge in [-0.25, -0.2) is 0 Å². The van der Waals surface area contributed by atoms with Crippen molar-refractivity contribution in [2.75, 3.05) is 10.6 Å². The van der Waals surface area contributed by atoms with Crippen molar-refractivity contribution in [3.05, 3.63) is 57.5 Å². The Kier molecular flexibility index (Phi) is 6.83. The molecule has 1 atom stereocenters. The maximum atomic E-state index is 12.5. The minimum Gasteiger partial charge on any atom is -0.330 e. The highest BCUT2D eigenvalue weighted by atomic mass is 35.5. The molecule has 3 rings (SSSR count). The molecule has 0 saturated heterocycles. The zero-order chi connectivity index (χ0) is 19.4. The number of thioether (sulfide) groups is 1. The van der Waals surface area contributed by atoms with E-state index in [1.807, 2.05) is 30.3 Å². The summed E-state index contributed by atoms with van der Waals surface area (Å²) in [5, 5.41) is 15.3. The SMILES string of the molecule is CC(Sc1nnc(Nc2ccccc2)s1)C(=O)Nc1c(Cl)cc(Cl)cc1Cl. The van der Waals surface area contributed by atoms with Gasteiger partial charge in [-0.1, -0.05) is 76.1 Å². The third kappa shape index (κ3) is 5.49. The van der Waals surface area contributed by atoms with Gasteiger partial charge in [0.1, 0.15) is 0 Å². The topological polar surface area (TPSA) is 66.9 Å². The molecule has 1 heterocycles. The fourth-order valence-corrected chi connectivity index (χ4v) is 4.87. The number of carbonyl (C=O) groups excluding carboxylic acids is 1. The molecule has 3 aromatic rings. The second-order valence-electron chi connectivity index (χ2n) is 5.36. The number of rotatable bonds is 6. The van der Waals surface area contributed by atoms with E-state index in [4.69, 9.17) is 34.8 Å². The van der Waals surface area contributed by atoms with E-state index in [1.54, 1.807) is 6.92 Å². The average Bonchev–Trinajstić information content (AvgIpc) is 3.05. The maximum Gasteiger partial charge on any atom is 0.237 e. The number of benzene rings is 2. The number of para-hydroxylation sites is 1. The van der Waals surface area contributed by atoms with Crippen LogP contribution in [0.25, 0.3) is 0 Å². The van der Waals surface area contributed by atoms with Crippen LogP contribution in [0.15, 0.2) is 46.8 Å². The quantitative estimate of drug-likeness (QED) is 0.420. The van der Waals surface area contributed by atoms with Crippen LogP contribution in [0.2, 0.25) is 15.1 Å². The zero-order valence-electron chi connectivity index (χ0n) is 13.9. The van der Waals surface area contributed by atoms with E-state index >= 15 is 0 Å². The number of anilines is 3. The van der Waals surface area contributed by atoms with E-state index in [1.165, 1.54) is 35.2 Å². The lowest BCUT2D eigenvalue weighted by Gasteiger charge is -2.13. The molecular formula is C17H13Cl3N4OS2. The Morgan fingerprint density at radius 1 is 1.11 bits per heavy atom. The second kappa shape index (κ2) is 9.12. The van der Waals surface area contributed by atoms with Crippen LogP contribution >= 0.6 is 57.9 Å². The first kappa shape index (κ1) is 20.2. The summed E-state index contributed by atoms with van der Waals surface area (Å²) in [7, 11) is 0. The highest BCUT2D eigenvalue weighted by Gasteiger charge is 2.20. The Balaban J connectivity index is 1.62. The number of halogens is 3. The molecule has 1 aromatic heterocycles. The van der Waals surface area contributed by atoms with E-state index in [9.17, 15) is 4.79 Å². The molecule has 140 valence electrons. The highest BCUT2D eigenvalue weighted by Crippen LogP contribution is 2.35. The van der Waals surface area contributed by atoms with E-state index in [2.05, 4.69) is 20.8 Å². The molecule has 5 nitrogen and oxygen atoms in total.